The minimum atomic E-state index is 1.03. The summed E-state index contributed by atoms with van der Waals surface area (Å²) in [5.41, 5.74) is 4.89. The maximum atomic E-state index is 4.41. The van der Waals surface area contributed by atoms with Gasteiger partial charge < -0.3 is 0 Å². The second kappa shape index (κ2) is 4.26. The molecule has 0 aliphatic heterocycles. The topological polar surface area (TPSA) is 12.9 Å². The zero-order valence-corrected chi connectivity index (χ0v) is 10.6. The van der Waals surface area contributed by atoms with Crippen LogP contribution in [0.5, 0.6) is 0 Å². The molecule has 0 aliphatic carbocycles. The van der Waals surface area contributed by atoms with E-state index < -0.39 is 0 Å². The monoisotopic (exact) mass is 233 g/mol. The van der Waals surface area contributed by atoms with E-state index in [-0.39, 0.29) is 0 Å². The quantitative estimate of drug-likeness (QED) is 0.602. The van der Waals surface area contributed by atoms with E-state index in [4.69, 9.17) is 0 Å². The lowest BCUT2D eigenvalue weighted by molar-refractivity contribution is 1.33. The Morgan fingerprint density at radius 3 is 2.50 bits per heavy atom. The molecule has 1 aromatic heterocycles. The van der Waals surface area contributed by atoms with Crippen molar-refractivity contribution in [3.63, 3.8) is 0 Å². The zero-order valence-electron chi connectivity index (χ0n) is 10.6. The maximum Gasteiger partial charge on any atom is 0.0702 e. The first-order valence-electron chi connectivity index (χ1n) is 6.17. The Labute approximate surface area is 107 Å². The summed E-state index contributed by atoms with van der Waals surface area (Å²) in [4.78, 5) is 4.41. The molecule has 0 bridgehead atoms. The average molecular weight is 233 g/mol. The number of aromatic nitrogens is 1. The van der Waals surface area contributed by atoms with Gasteiger partial charge in [-0.15, -0.1) is 0 Å². The molecule has 0 saturated carbocycles. The third kappa shape index (κ3) is 1.78. The van der Waals surface area contributed by atoms with Gasteiger partial charge in [0.1, 0.15) is 0 Å². The number of hydrogen-bond donors (Lipinski definition) is 0. The predicted molar refractivity (Wildman–Crippen MR) is 76.7 cm³/mol. The summed E-state index contributed by atoms with van der Waals surface area (Å²) in [5, 5.41) is 2.61. The lowest BCUT2D eigenvalue weighted by atomic mass is 9.98. The Kier molecular flexibility index (Phi) is 2.60. The largest absolute Gasteiger partial charge is 0.256 e. The van der Waals surface area contributed by atoms with Crippen LogP contribution >= 0.6 is 0 Å². The standard InChI is InChI=1S/C17H15N/c1-12-6-7-14-8-9-15(11-16(14)13(12)2)17-5-3-4-10-18-17/h3-11H,1-2H3. The van der Waals surface area contributed by atoms with E-state index in [0.717, 1.165) is 5.69 Å². The van der Waals surface area contributed by atoms with Gasteiger partial charge in [-0.05, 0) is 53.9 Å². The summed E-state index contributed by atoms with van der Waals surface area (Å²) in [6.45, 7) is 4.34. The fourth-order valence-electron chi connectivity index (χ4n) is 2.27. The molecule has 0 saturated heterocycles. The average Bonchev–Trinajstić information content (AvgIpc) is 2.44. The van der Waals surface area contributed by atoms with E-state index in [1.54, 1.807) is 0 Å². The van der Waals surface area contributed by atoms with Crippen LogP contribution in [0.3, 0.4) is 0 Å². The van der Waals surface area contributed by atoms with Crippen molar-refractivity contribution in [3.05, 3.63) is 65.9 Å². The third-order valence-corrected chi connectivity index (χ3v) is 3.52. The Balaban J connectivity index is 2.25. The van der Waals surface area contributed by atoms with Gasteiger partial charge in [0.05, 0.1) is 5.69 Å². The first kappa shape index (κ1) is 11.0. The van der Waals surface area contributed by atoms with Crippen molar-refractivity contribution in [2.75, 3.05) is 0 Å². The van der Waals surface area contributed by atoms with E-state index >= 15 is 0 Å². The molecule has 0 amide bonds. The van der Waals surface area contributed by atoms with Crippen molar-refractivity contribution >= 4 is 10.8 Å². The van der Waals surface area contributed by atoms with Crippen LogP contribution in [0.15, 0.2) is 54.7 Å². The smallest absolute Gasteiger partial charge is 0.0702 e. The minimum absolute atomic E-state index is 1.03. The number of rotatable bonds is 1. The van der Waals surface area contributed by atoms with Crippen LogP contribution < -0.4 is 0 Å². The van der Waals surface area contributed by atoms with E-state index in [2.05, 4.69) is 49.2 Å². The van der Waals surface area contributed by atoms with Gasteiger partial charge in [-0.3, -0.25) is 4.98 Å². The highest BCUT2D eigenvalue weighted by atomic mass is 14.7. The van der Waals surface area contributed by atoms with Crippen LogP contribution in [0.4, 0.5) is 0 Å². The van der Waals surface area contributed by atoms with Crippen LogP contribution in [0.25, 0.3) is 22.0 Å². The van der Waals surface area contributed by atoms with E-state index in [0.29, 0.717) is 0 Å². The molecule has 0 N–H and O–H groups in total. The van der Waals surface area contributed by atoms with Crippen molar-refractivity contribution in [1.29, 1.82) is 0 Å². The maximum absolute atomic E-state index is 4.41. The lowest BCUT2D eigenvalue weighted by Gasteiger charge is -2.08. The molecule has 0 atom stereocenters. The van der Waals surface area contributed by atoms with Crippen LogP contribution in [0.2, 0.25) is 0 Å². The second-order valence-electron chi connectivity index (χ2n) is 4.66. The van der Waals surface area contributed by atoms with E-state index in [1.807, 2.05) is 24.4 Å². The predicted octanol–water partition coefficient (Wildman–Crippen LogP) is 4.52. The van der Waals surface area contributed by atoms with Gasteiger partial charge in [-0.2, -0.15) is 0 Å². The Morgan fingerprint density at radius 1 is 0.889 bits per heavy atom. The van der Waals surface area contributed by atoms with E-state index in [1.165, 1.54) is 27.5 Å². The fraction of sp³-hybridized carbons (Fsp3) is 0.118. The normalized spacial score (nSPS) is 10.8. The SMILES string of the molecule is Cc1ccc2ccc(-c3ccccn3)cc2c1C. The molecule has 1 heterocycles. The van der Waals surface area contributed by atoms with Crippen molar-refractivity contribution in [1.82, 2.24) is 4.98 Å². The molecule has 3 rings (SSSR count). The molecule has 3 aromatic rings. The fourth-order valence-corrected chi connectivity index (χ4v) is 2.27. The number of hydrogen-bond acceptors (Lipinski definition) is 1. The summed E-state index contributed by atoms with van der Waals surface area (Å²) < 4.78 is 0. The molecule has 1 nitrogen and oxygen atoms in total. The van der Waals surface area contributed by atoms with Crippen molar-refractivity contribution in [2.45, 2.75) is 13.8 Å². The lowest BCUT2D eigenvalue weighted by Crippen LogP contribution is -1.86. The van der Waals surface area contributed by atoms with Gasteiger partial charge in [0.25, 0.3) is 0 Å². The summed E-state index contributed by atoms with van der Waals surface area (Å²) in [6.07, 6.45) is 1.84. The molecule has 1 heteroatoms. The molecule has 0 aliphatic rings. The first-order valence-corrected chi connectivity index (χ1v) is 6.17. The third-order valence-electron chi connectivity index (χ3n) is 3.52. The van der Waals surface area contributed by atoms with E-state index in [9.17, 15) is 0 Å². The van der Waals surface area contributed by atoms with Gasteiger partial charge in [0.2, 0.25) is 0 Å². The Morgan fingerprint density at radius 2 is 1.72 bits per heavy atom. The van der Waals surface area contributed by atoms with Gasteiger partial charge in [0.15, 0.2) is 0 Å². The molecule has 88 valence electrons. The van der Waals surface area contributed by atoms with Crippen molar-refractivity contribution in [2.24, 2.45) is 0 Å². The van der Waals surface area contributed by atoms with Gasteiger partial charge in [-0.1, -0.05) is 30.3 Å². The molecule has 18 heavy (non-hydrogen) atoms. The second-order valence-corrected chi connectivity index (χ2v) is 4.66. The number of benzene rings is 2. The summed E-state index contributed by atoms with van der Waals surface area (Å²) in [5.74, 6) is 0. The van der Waals surface area contributed by atoms with Crippen molar-refractivity contribution in [3.8, 4) is 11.3 Å². The number of nitrogens with zero attached hydrogens (tertiary/aromatic N) is 1. The highest BCUT2D eigenvalue weighted by molar-refractivity contribution is 5.90. The molecule has 2 aromatic carbocycles. The molecular weight excluding hydrogens is 218 g/mol. The highest BCUT2D eigenvalue weighted by Gasteiger charge is 2.03. The number of pyridine rings is 1. The summed E-state index contributed by atoms with van der Waals surface area (Å²) in [6, 6.07) is 16.9. The molecule has 0 fully saturated rings. The first-order chi connectivity index (χ1) is 8.75. The Bertz CT molecular complexity index is 699. The molecule has 0 unspecified atom stereocenters. The van der Waals surface area contributed by atoms with Crippen LogP contribution in [0, 0.1) is 13.8 Å². The van der Waals surface area contributed by atoms with Gasteiger partial charge in [-0.25, -0.2) is 0 Å². The highest BCUT2D eigenvalue weighted by Crippen LogP contribution is 2.26. The summed E-state index contributed by atoms with van der Waals surface area (Å²) >= 11 is 0. The molecular formula is C17H15N. The number of aryl methyl sites for hydroxylation is 2. The minimum Gasteiger partial charge on any atom is -0.256 e. The van der Waals surface area contributed by atoms with Gasteiger partial charge >= 0.3 is 0 Å². The van der Waals surface area contributed by atoms with Gasteiger partial charge in [0, 0.05) is 11.8 Å². The number of fused-ring (bicyclic) bond motifs is 1. The summed E-state index contributed by atoms with van der Waals surface area (Å²) in [7, 11) is 0. The van der Waals surface area contributed by atoms with Crippen LogP contribution in [0.1, 0.15) is 11.1 Å². The molecule has 0 radical (unpaired) electrons. The molecule has 0 spiro atoms. The Hall–Kier alpha value is -2.15. The van der Waals surface area contributed by atoms with Crippen molar-refractivity contribution < 1.29 is 0 Å². The van der Waals surface area contributed by atoms with Crippen LogP contribution in [-0.2, 0) is 0 Å². The zero-order chi connectivity index (χ0) is 12.5. The van der Waals surface area contributed by atoms with Crippen LogP contribution in [-0.4, -0.2) is 4.98 Å².